The van der Waals surface area contributed by atoms with Crippen molar-refractivity contribution >= 4 is 27.7 Å². The number of urea groups is 1. The second-order valence-corrected chi connectivity index (χ2v) is 8.76. The monoisotopic (exact) mass is 396 g/mol. The Bertz CT molecular complexity index is 843. The summed E-state index contributed by atoms with van der Waals surface area (Å²) in [5.41, 5.74) is 0.562. The van der Waals surface area contributed by atoms with Gasteiger partial charge in [0.1, 0.15) is 0 Å². The van der Waals surface area contributed by atoms with Crippen molar-refractivity contribution in [3.8, 4) is 0 Å². The van der Waals surface area contributed by atoms with E-state index in [0.717, 1.165) is 31.9 Å². The number of ether oxygens (including phenoxy) is 1. The maximum atomic E-state index is 12.3. The summed E-state index contributed by atoms with van der Waals surface area (Å²) in [5.74, 6) is -1.59. The summed E-state index contributed by atoms with van der Waals surface area (Å²) in [6.45, 7) is 2.97. The van der Waals surface area contributed by atoms with Gasteiger partial charge in [-0.05, 0) is 44.4 Å². The molecule has 0 spiro atoms. The highest BCUT2D eigenvalue weighted by molar-refractivity contribution is 7.90. The number of esters is 1. The summed E-state index contributed by atoms with van der Waals surface area (Å²) < 4.78 is 28.4. The molecular formula is C18H24N2O6S. The van der Waals surface area contributed by atoms with E-state index in [9.17, 15) is 22.8 Å². The van der Waals surface area contributed by atoms with E-state index in [1.54, 1.807) is 6.92 Å². The first-order valence-corrected chi connectivity index (χ1v) is 10.6. The zero-order valence-corrected chi connectivity index (χ0v) is 16.4. The number of hydrogen-bond donors (Lipinski definition) is 2. The fourth-order valence-corrected chi connectivity index (χ4v) is 3.48. The molecule has 9 heteroatoms. The van der Waals surface area contributed by atoms with Crippen molar-refractivity contribution in [2.45, 2.75) is 56.6 Å². The van der Waals surface area contributed by atoms with E-state index in [2.05, 4.69) is 10.6 Å². The Morgan fingerprint density at radius 3 is 2.41 bits per heavy atom. The fourth-order valence-electron chi connectivity index (χ4n) is 2.83. The predicted octanol–water partition coefficient (Wildman–Crippen LogP) is 1.71. The van der Waals surface area contributed by atoms with E-state index in [0.29, 0.717) is 5.56 Å². The van der Waals surface area contributed by atoms with Gasteiger partial charge in [-0.3, -0.25) is 10.1 Å². The summed E-state index contributed by atoms with van der Waals surface area (Å²) in [4.78, 5) is 36.2. The van der Waals surface area contributed by atoms with Gasteiger partial charge in [0.15, 0.2) is 15.9 Å². The van der Waals surface area contributed by atoms with Crippen LogP contribution in [0.1, 0.15) is 48.5 Å². The molecule has 148 valence electrons. The van der Waals surface area contributed by atoms with Crippen LogP contribution in [0.4, 0.5) is 4.79 Å². The van der Waals surface area contributed by atoms with Crippen LogP contribution >= 0.6 is 0 Å². The molecule has 1 aliphatic carbocycles. The molecule has 27 heavy (non-hydrogen) atoms. The van der Waals surface area contributed by atoms with Crippen LogP contribution in [-0.2, 0) is 19.4 Å². The van der Waals surface area contributed by atoms with Gasteiger partial charge in [0, 0.05) is 12.3 Å². The van der Waals surface area contributed by atoms with Gasteiger partial charge in [0.25, 0.3) is 5.91 Å². The zero-order chi connectivity index (χ0) is 20.2. The van der Waals surface area contributed by atoms with Crippen molar-refractivity contribution in [2.24, 2.45) is 0 Å². The van der Waals surface area contributed by atoms with Crippen LogP contribution in [0, 0.1) is 6.92 Å². The predicted molar refractivity (Wildman–Crippen MR) is 98.1 cm³/mol. The second kappa shape index (κ2) is 8.51. The van der Waals surface area contributed by atoms with E-state index in [4.69, 9.17) is 4.74 Å². The van der Waals surface area contributed by atoms with Crippen molar-refractivity contribution in [3.63, 3.8) is 0 Å². The molecule has 0 aliphatic heterocycles. The smallest absolute Gasteiger partial charge is 0.339 e. The van der Waals surface area contributed by atoms with Crippen molar-refractivity contribution in [2.75, 3.05) is 6.26 Å². The molecule has 1 unspecified atom stereocenters. The first-order chi connectivity index (χ1) is 12.6. The molecule has 0 saturated heterocycles. The van der Waals surface area contributed by atoms with Gasteiger partial charge in [-0.2, -0.15) is 0 Å². The Morgan fingerprint density at radius 1 is 1.19 bits per heavy atom. The van der Waals surface area contributed by atoms with Gasteiger partial charge in [-0.1, -0.05) is 18.9 Å². The average Bonchev–Trinajstić information content (AvgIpc) is 3.06. The van der Waals surface area contributed by atoms with Crippen molar-refractivity contribution in [1.29, 1.82) is 0 Å². The van der Waals surface area contributed by atoms with Crippen LogP contribution in [0.15, 0.2) is 23.1 Å². The molecule has 1 aromatic rings. The van der Waals surface area contributed by atoms with E-state index >= 15 is 0 Å². The molecule has 1 aliphatic rings. The Balaban J connectivity index is 1.98. The first-order valence-electron chi connectivity index (χ1n) is 8.71. The number of carbonyl (C=O) groups is 3. The van der Waals surface area contributed by atoms with Gasteiger partial charge < -0.3 is 10.1 Å². The molecule has 1 atom stereocenters. The fraction of sp³-hybridized carbons (Fsp3) is 0.500. The quantitative estimate of drug-likeness (QED) is 0.732. The third kappa shape index (κ3) is 5.78. The number of sulfone groups is 1. The zero-order valence-electron chi connectivity index (χ0n) is 15.6. The Labute approximate surface area is 158 Å². The van der Waals surface area contributed by atoms with E-state index in [1.807, 2.05) is 0 Å². The molecule has 0 heterocycles. The lowest BCUT2D eigenvalue weighted by Gasteiger charge is -2.16. The third-order valence-electron chi connectivity index (χ3n) is 4.44. The second-order valence-electron chi connectivity index (χ2n) is 6.74. The summed E-state index contributed by atoms with van der Waals surface area (Å²) in [5, 5.41) is 4.86. The molecule has 8 nitrogen and oxygen atoms in total. The Kier molecular flexibility index (Phi) is 6.59. The van der Waals surface area contributed by atoms with Gasteiger partial charge in [-0.25, -0.2) is 18.0 Å². The van der Waals surface area contributed by atoms with Crippen molar-refractivity contribution in [3.05, 3.63) is 29.3 Å². The summed E-state index contributed by atoms with van der Waals surface area (Å²) in [6.07, 6.45) is 3.65. The van der Waals surface area contributed by atoms with E-state index < -0.39 is 33.8 Å². The number of hydrogen-bond acceptors (Lipinski definition) is 6. The minimum atomic E-state index is -3.49. The summed E-state index contributed by atoms with van der Waals surface area (Å²) >= 11 is 0. The lowest BCUT2D eigenvalue weighted by Crippen LogP contribution is -2.47. The maximum Gasteiger partial charge on any atom is 0.339 e. The molecule has 1 aromatic carbocycles. The molecule has 0 bridgehead atoms. The first kappa shape index (κ1) is 20.9. The Hall–Kier alpha value is -2.42. The van der Waals surface area contributed by atoms with Crippen LogP contribution in [0.3, 0.4) is 0 Å². The number of nitrogens with one attached hydrogen (secondary N) is 2. The molecule has 2 rings (SSSR count). The summed E-state index contributed by atoms with van der Waals surface area (Å²) in [7, 11) is -3.49. The number of imide groups is 1. The van der Waals surface area contributed by atoms with Crippen LogP contribution in [0.5, 0.6) is 0 Å². The third-order valence-corrected chi connectivity index (χ3v) is 5.55. The highest BCUT2D eigenvalue weighted by atomic mass is 32.2. The Morgan fingerprint density at radius 2 is 1.81 bits per heavy atom. The van der Waals surface area contributed by atoms with Gasteiger partial charge in [0.2, 0.25) is 0 Å². The minimum Gasteiger partial charge on any atom is -0.449 e. The van der Waals surface area contributed by atoms with Gasteiger partial charge in [0.05, 0.1) is 10.5 Å². The minimum absolute atomic E-state index is 0.0203. The topological polar surface area (TPSA) is 119 Å². The van der Waals surface area contributed by atoms with E-state index in [1.165, 1.54) is 25.1 Å². The molecule has 1 fully saturated rings. The van der Waals surface area contributed by atoms with Crippen LogP contribution in [0.2, 0.25) is 0 Å². The molecule has 0 radical (unpaired) electrons. The molecule has 1 saturated carbocycles. The normalized spacial score (nSPS) is 15.8. The van der Waals surface area contributed by atoms with Crippen LogP contribution in [0.25, 0.3) is 0 Å². The van der Waals surface area contributed by atoms with Gasteiger partial charge in [-0.15, -0.1) is 0 Å². The lowest BCUT2D eigenvalue weighted by molar-refractivity contribution is -0.127. The lowest BCUT2D eigenvalue weighted by atomic mass is 10.1. The highest BCUT2D eigenvalue weighted by Gasteiger charge is 2.24. The number of amides is 3. The molecule has 3 amide bonds. The average molecular weight is 396 g/mol. The number of benzene rings is 1. The molecule has 2 N–H and O–H groups in total. The standard InChI is InChI=1S/C18H24N2O6S/c1-11-8-9-14(27(3,24)25)10-15(11)17(22)26-12(2)16(21)20-18(23)19-13-6-4-5-7-13/h8-10,12-13H,4-7H2,1-3H3,(H2,19,20,21,23). The molecule has 0 aromatic heterocycles. The van der Waals surface area contributed by atoms with Crippen LogP contribution in [-0.4, -0.2) is 44.7 Å². The highest BCUT2D eigenvalue weighted by Crippen LogP contribution is 2.18. The van der Waals surface area contributed by atoms with Gasteiger partial charge >= 0.3 is 12.0 Å². The van der Waals surface area contributed by atoms with Crippen molar-refractivity contribution < 1.29 is 27.5 Å². The number of carbonyl (C=O) groups excluding carboxylic acids is 3. The van der Waals surface area contributed by atoms with Crippen LogP contribution < -0.4 is 10.6 Å². The van der Waals surface area contributed by atoms with Crippen molar-refractivity contribution in [1.82, 2.24) is 10.6 Å². The number of aryl methyl sites for hydroxylation is 1. The summed E-state index contributed by atoms with van der Waals surface area (Å²) in [6, 6.07) is 3.53. The van der Waals surface area contributed by atoms with E-state index in [-0.39, 0.29) is 16.5 Å². The maximum absolute atomic E-state index is 12.3. The SMILES string of the molecule is Cc1ccc(S(C)(=O)=O)cc1C(=O)OC(C)C(=O)NC(=O)NC1CCCC1. The molecular weight excluding hydrogens is 372 g/mol. The number of rotatable bonds is 5. The largest absolute Gasteiger partial charge is 0.449 e.